The van der Waals surface area contributed by atoms with Gasteiger partial charge in [-0.25, -0.2) is 0 Å². The van der Waals surface area contributed by atoms with Crippen LogP contribution in [0.2, 0.25) is 0 Å². The number of nitrogens with two attached hydrogens (primary N) is 1. The molecule has 5 nitrogen and oxygen atoms in total. The van der Waals surface area contributed by atoms with E-state index < -0.39 is 0 Å². The van der Waals surface area contributed by atoms with Crippen molar-refractivity contribution in [2.24, 2.45) is 5.73 Å². The molecule has 1 aromatic rings. The molecule has 1 aliphatic rings. The Morgan fingerprint density at radius 1 is 1.35 bits per heavy atom. The van der Waals surface area contributed by atoms with Gasteiger partial charge in [-0.1, -0.05) is 0 Å². The van der Waals surface area contributed by atoms with Gasteiger partial charge in [0.25, 0.3) is 5.69 Å². The van der Waals surface area contributed by atoms with Gasteiger partial charge in [0.2, 0.25) is 0 Å². The van der Waals surface area contributed by atoms with Crippen molar-refractivity contribution in [2.45, 2.75) is 38.8 Å². The number of benzene rings is 1. The number of rotatable bonds is 3. The molecular weight excluding hydrogens is 218 g/mol. The molecule has 0 aromatic heterocycles. The molecule has 0 amide bonds. The third-order valence-electron chi connectivity index (χ3n) is 3.27. The van der Waals surface area contributed by atoms with Gasteiger partial charge < -0.3 is 11.1 Å². The minimum Gasteiger partial charge on any atom is -0.382 e. The molecule has 2 rings (SSSR count). The Morgan fingerprint density at radius 2 is 2.00 bits per heavy atom. The van der Waals surface area contributed by atoms with Gasteiger partial charge in [0.1, 0.15) is 0 Å². The SMILES string of the molecule is Cc1cc(C)c([N+](=O)[O-])cc1NC1CC(N)C1. The van der Waals surface area contributed by atoms with E-state index in [0.29, 0.717) is 11.6 Å². The van der Waals surface area contributed by atoms with Gasteiger partial charge in [-0.2, -0.15) is 0 Å². The second kappa shape index (κ2) is 4.33. The van der Waals surface area contributed by atoms with Crippen molar-refractivity contribution >= 4 is 11.4 Å². The summed E-state index contributed by atoms with van der Waals surface area (Å²) in [4.78, 5) is 10.5. The monoisotopic (exact) mass is 235 g/mol. The van der Waals surface area contributed by atoms with E-state index in [0.717, 1.165) is 24.1 Å². The van der Waals surface area contributed by atoms with Crippen molar-refractivity contribution in [3.63, 3.8) is 0 Å². The Labute approximate surface area is 100 Å². The first-order chi connectivity index (χ1) is 7.97. The Bertz CT molecular complexity index is 453. The second-order valence-electron chi connectivity index (χ2n) is 4.78. The maximum Gasteiger partial charge on any atom is 0.274 e. The molecule has 0 saturated heterocycles. The first kappa shape index (κ1) is 11.9. The maximum absolute atomic E-state index is 10.9. The van der Waals surface area contributed by atoms with E-state index in [-0.39, 0.29) is 16.7 Å². The third kappa shape index (κ3) is 2.39. The molecule has 1 saturated carbocycles. The molecule has 5 heteroatoms. The summed E-state index contributed by atoms with van der Waals surface area (Å²) >= 11 is 0. The van der Waals surface area contributed by atoms with Crippen LogP contribution in [-0.4, -0.2) is 17.0 Å². The molecule has 0 unspecified atom stereocenters. The van der Waals surface area contributed by atoms with E-state index in [1.807, 2.05) is 13.0 Å². The summed E-state index contributed by atoms with van der Waals surface area (Å²) < 4.78 is 0. The van der Waals surface area contributed by atoms with Gasteiger partial charge in [0, 0.05) is 29.4 Å². The van der Waals surface area contributed by atoms with Crippen LogP contribution in [0.3, 0.4) is 0 Å². The van der Waals surface area contributed by atoms with Crippen LogP contribution in [0.4, 0.5) is 11.4 Å². The summed E-state index contributed by atoms with van der Waals surface area (Å²) in [5, 5.41) is 14.2. The lowest BCUT2D eigenvalue weighted by Gasteiger charge is -2.34. The van der Waals surface area contributed by atoms with Crippen molar-refractivity contribution < 1.29 is 4.92 Å². The molecule has 1 fully saturated rings. The van der Waals surface area contributed by atoms with Crippen LogP contribution in [0.5, 0.6) is 0 Å². The Kier molecular flexibility index (Phi) is 3.02. The van der Waals surface area contributed by atoms with Crippen LogP contribution >= 0.6 is 0 Å². The summed E-state index contributed by atoms with van der Waals surface area (Å²) in [6.45, 7) is 3.71. The number of nitrogens with one attached hydrogen (secondary N) is 1. The number of anilines is 1. The van der Waals surface area contributed by atoms with Crippen LogP contribution < -0.4 is 11.1 Å². The Balaban J connectivity index is 2.21. The summed E-state index contributed by atoms with van der Waals surface area (Å²) in [5.74, 6) is 0. The van der Waals surface area contributed by atoms with E-state index in [1.54, 1.807) is 13.0 Å². The number of nitro groups is 1. The van der Waals surface area contributed by atoms with Crippen LogP contribution in [0.1, 0.15) is 24.0 Å². The standard InChI is InChI=1S/C12H17N3O2/c1-7-3-8(2)12(15(16)17)6-11(7)14-10-4-9(13)5-10/h3,6,9-10,14H,4-5,13H2,1-2H3. The lowest BCUT2D eigenvalue weighted by Crippen LogP contribution is -2.44. The molecule has 17 heavy (non-hydrogen) atoms. The smallest absolute Gasteiger partial charge is 0.274 e. The third-order valence-corrected chi connectivity index (χ3v) is 3.27. The van der Waals surface area contributed by atoms with Gasteiger partial charge >= 0.3 is 0 Å². The van der Waals surface area contributed by atoms with Crippen molar-refractivity contribution in [2.75, 3.05) is 5.32 Å². The molecule has 0 atom stereocenters. The molecule has 92 valence electrons. The van der Waals surface area contributed by atoms with Gasteiger partial charge in [-0.05, 0) is 38.3 Å². The number of nitro benzene ring substituents is 1. The highest BCUT2D eigenvalue weighted by Gasteiger charge is 2.26. The zero-order valence-electron chi connectivity index (χ0n) is 10.1. The fourth-order valence-electron chi connectivity index (χ4n) is 2.19. The summed E-state index contributed by atoms with van der Waals surface area (Å²) in [6.07, 6.45) is 1.86. The van der Waals surface area contributed by atoms with Crippen molar-refractivity contribution in [3.05, 3.63) is 33.4 Å². The van der Waals surface area contributed by atoms with E-state index in [4.69, 9.17) is 5.73 Å². The van der Waals surface area contributed by atoms with E-state index >= 15 is 0 Å². The van der Waals surface area contributed by atoms with Crippen LogP contribution in [0.15, 0.2) is 12.1 Å². The Morgan fingerprint density at radius 3 is 2.53 bits per heavy atom. The molecule has 0 aliphatic heterocycles. The number of aryl methyl sites for hydroxylation is 2. The van der Waals surface area contributed by atoms with Crippen LogP contribution in [0, 0.1) is 24.0 Å². The zero-order chi connectivity index (χ0) is 12.6. The van der Waals surface area contributed by atoms with Crippen molar-refractivity contribution in [1.82, 2.24) is 0 Å². The fraction of sp³-hybridized carbons (Fsp3) is 0.500. The zero-order valence-corrected chi connectivity index (χ0v) is 10.1. The molecule has 1 aliphatic carbocycles. The first-order valence-corrected chi connectivity index (χ1v) is 5.75. The van der Waals surface area contributed by atoms with Gasteiger partial charge in [-0.3, -0.25) is 10.1 Å². The van der Waals surface area contributed by atoms with E-state index in [9.17, 15) is 10.1 Å². The van der Waals surface area contributed by atoms with Gasteiger partial charge in [0.15, 0.2) is 0 Å². The van der Waals surface area contributed by atoms with Gasteiger partial charge in [0.05, 0.1) is 4.92 Å². The molecule has 0 spiro atoms. The highest BCUT2D eigenvalue weighted by atomic mass is 16.6. The molecule has 0 bridgehead atoms. The number of hydrogen-bond donors (Lipinski definition) is 2. The predicted molar refractivity (Wildman–Crippen MR) is 67.2 cm³/mol. The van der Waals surface area contributed by atoms with E-state index in [1.165, 1.54) is 0 Å². The summed E-state index contributed by atoms with van der Waals surface area (Å²) in [6, 6.07) is 4.09. The Hall–Kier alpha value is -1.62. The maximum atomic E-state index is 10.9. The van der Waals surface area contributed by atoms with E-state index in [2.05, 4.69) is 5.32 Å². The molecule has 1 aromatic carbocycles. The lowest BCUT2D eigenvalue weighted by molar-refractivity contribution is -0.385. The highest BCUT2D eigenvalue weighted by molar-refractivity contribution is 5.60. The number of nitrogens with zero attached hydrogens (tertiary/aromatic N) is 1. The van der Waals surface area contributed by atoms with Crippen molar-refractivity contribution in [1.29, 1.82) is 0 Å². The first-order valence-electron chi connectivity index (χ1n) is 5.75. The minimum absolute atomic E-state index is 0.168. The molecule has 0 radical (unpaired) electrons. The summed E-state index contributed by atoms with van der Waals surface area (Å²) in [7, 11) is 0. The van der Waals surface area contributed by atoms with Crippen molar-refractivity contribution in [3.8, 4) is 0 Å². The summed E-state index contributed by atoms with van der Waals surface area (Å²) in [5.41, 5.74) is 8.46. The van der Waals surface area contributed by atoms with Gasteiger partial charge in [-0.15, -0.1) is 0 Å². The minimum atomic E-state index is -0.341. The topological polar surface area (TPSA) is 81.2 Å². The molecule has 0 heterocycles. The average molecular weight is 235 g/mol. The molecule has 3 N–H and O–H groups in total. The normalized spacial score (nSPS) is 23.0. The molecular formula is C12H17N3O2. The average Bonchev–Trinajstić information content (AvgIpc) is 2.18. The predicted octanol–water partition coefficient (Wildman–Crippen LogP) is 2.11. The fourth-order valence-corrected chi connectivity index (χ4v) is 2.19. The largest absolute Gasteiger partial charge is 0.382 e. The van der Waals surface area contributed by atoms with Crippen LogP contribution in [0.25, 0.3) is 0 Å². The van der Waals surface area contributed by atoms with Crippen LogP contribution in [-0.2, 0) is 0 Å². The lowest BCUT2D eigenvalue weighted by atomic mass is 9.87. The highest BCUT2D eigenvalue weighted by Crippen LogP contribution is 2.29. The quantitative estimate of drug-likeness (QED) is 0.621. The second-order valence-corrected chi connectivity index (χ2v) is 4.78. The number of hydrogen-bond acceptors (Lipinski definition) is 4.